The van der Waals surface area contributed by atoms with Gasteiger partial charge in [-0.05, 0) is 41.1 Å². The van der Waals surface area contributed by atoms with E-state index in [0.717, 1.165) is 27.0 Å². The molecule has 20 heavy (non-hydrogen) atoms. The van der Waals surface area contributed by atoms with E-state index in [9.17, 15) is 4.79 Å². The number of halogens is 1. The molecule has 2 aromatic rings. The molecule has 0 fully saturated rings. The SMILES string of the molecule is COc1ccc(C)cc1CC(=O)Nc1ccccc1Br. The molecule has 0 saturated heterocycles. The summed E-state index contributed by atoms with van der Waals surface area (Å²) in [5.74, 6) is 0.665. The van der Waals surface area contributed by atoms with Crippen molar-refractivity contribution in [2.24, 2.45) is 0 Å². The maximum Gasteiger partial charge on any atom is 0.228 e. The fourth-order valence-electron chi connectivity index (χ4n) is 1.98. The molecule has 1 N–H and O–H groups in total. The Bertz CT molecular complexity index is 626. The number of amides is 1. The molecule has 0 spiro atoms. The summed E-state index contributed by atoms with van der Waals surface area (Å²) in [6, 6.07) is 13.4. The van der Waals surface area contributed by atoms with Crippen molar-refractivity contribution in [2.75, 3.05) is 12.4 Å². The number of carbonyl (C=O) groups excluding carboxylic acids is 1. The zero-order chi connectivity index (χ0) is 14.5. The number of benzene rings is 2. The topological polar surface area (TPSA) is 38.3 Å². The van der Waals surface area contributed by atoms with Crippen LogP contribution in [0.5, 0.6) is 5.75 Å². The number of carbonyl (C=O) groups is 1. The number of hydrogen-bond acceptors (Lipinski definition) is 2. The molecule has 4 heteroatoms. The minimum absolute atomic E-state index is 0.0687. The van der Waals surface area contributed by atoms with E-state index in [1.54, 1.807) is 7.11 Å². The maximum absolute atomic E-state index is 12.1. The molecular weight excluding hydrogens is 318 g/mol. The monoisotopic (exact) mass is 333 g/mol. The van der Waals surface area contributed by atoms with Crippen molar-refractivity contribution < 1.29 is 9.53 Å². The summed E-state index contributed by atoms with van der Waals surface area (Å²) in [6.07, 6.45) is 0.284. The Hall–Kier alpha value is -1.81. The van der Waals surface area contributed by atoms with E-state index in [2.05, 4.69) is 21.2 Å². The number of hydrogen-bond donors (Lipinski definition) is 1. The lowest BCUT2D eigenvalue weighted by Gasteiger charge is -2.10. The Morgan fingerprint density at radius 2 is 2.00 bits per heavy atom. The van der Waals surface area contributed by atoms with Gasteiger partial charge < -0.3 is 10.1 Å². The summed E-state index contributed by atoms with van der Waals surface area (Å²) < 4.78 is 6.15. The molecule has 0 saturated carbocycles. The molecule has 0 atom stereocenters. The van der Waals surface area contributed by atoms with Crippen LogP contribution < -0.4 is 10.1 Å². The van der Waals surface area contributed by atoms with Crippen LogP contribution in [0.15, 0.2) is 46.9 Å². The lowest BCUT2D eigenvalue weighted by molar-refractivity contribution is -0.115. The standard InChI is InChI=1S/C16H16BrNO2/c1-11-7-8-15(20-2)12(9-11)10-16(19)18-14-6-4-3-5-13(14)17/h3-9H,10H2,1-2H3,(H,18,19). The number of nitrogens with one attached hydrogen (secondary N) is 1. The van der Waals surface area contributed by atoms with Crippen LogP contribution in [0.25, 0.3) is 0 Å². The van der Waals surface area contributed by atoms with Crippen LogP contribution in [-0.2, 0) is 11.2 Å². The second kappa shape index (κ2) is 6.57. The van der Waals surface area contributed by atoms with Crippen molar-refractivity contribution in [2.45, 2.75) is 13.3 Å². The van der Waals surface area contributed by atoms with Crippen LogP contribution in [0.4, 0.5) is 5.69 Å². The van der Waals surface area contributed by atoms with Gasteiger partial charge in [0.15, 0.2) is 0 Å². The molecule has 0 aliphatic heterocycles. The molecule has 0 radical (unpaired) electrons. The van der Waals surface area contributed by atoms with Crippen LogP contribution in [0.2, 0.25) is 0 Å². The van der Waals surface area contributed by atoms with Crippen LogP contribution >= 0.6 is 15.9 Å². The van der Waals surface area contributed by atoms with E-state index in [0.29, 0.717) is 0 Å². The molecular formula is C16H16BrNO2. The maximum atomic E-state index is 12.1. The smallest absolute Gasteiger partial charge is 0.228 e. The fourth-order valence-corrected chi connectivity index (χ4v) is 2.36. The van der Waals surface area contributed by atoms with Crippen molar-refractivity contribution in [3.63, 3.8) is 0 Å². The molecule has 1 amide bonds. The normalized spacial score (nSPS) is 10.2. The first-order valence-corrected chi connectivity index (χ1v) is 7.07. The number of para-hydroxylation sites is 1. The van der Waals surface area contributed by atoms with Gasteiger partial charge in [-0.25, -0.2) is 0 Å². The summed E-state index contributed by atoms with van der Waals surface area (Å²) in [5.41, 5.74) is 2.76. The average Bonchev–Trinajstić information content (AvgIpc) is 2.41. The minimum Gasteiger partial charge on any atom is -0.496 e. The van der Waals surface area contributed by atoms with Gasteiger partial charge in [-0.2, -0.15) is 0 Å². The molecule has 104 valence electrons. The Balaban J connectivity index is 2.12. The van der Waals surface area contributed by atoms with E-state index in [1.165, 1.54) is 0 Å². The van der Waals surface area contributed by atoms with Gasteiger partial charge >= 0.3 is 0 Å². The van der Waals surface area contributed by atoms with Crippen LogP contribution in [0, 0.1) is 6.92 Å². The summed E-state index contributed by atoms with van der Waals surface area (Å²) in [6.45, 7) is 1.99. The van der Waals surface area contributed by atoms with E-state index in [4.69, 9.17) is 4.74 Å². The Kier molecular flexibility index (Phi) is 4.79. The third-order valence-electron chi connectivity index (χ3n) is 2.93. The van der Waals surface area contributed by atoms with E-state index >= 15 is 0 Å². The third kappa shape index (κ3) is 3.61. The van der Waals surface area contributed by atoms with Crippen molar-refractivity contribution in [3.8, 4) is 5.75 Å². The van der Waals surface area contributed by atoms with Gasteiger partial charge in [0, 0.05) is 10.0 Å². The first-order valence-electron chi connectivity index (χ1n) is 6.28. The van der Waals surface area contributed by atoms with Gasteiger partial charge in [-0.1, -0.05) is 29.8 Å². The molecule has 0 aromatic heterocycles. The Morgan fingerprint density at radius 1 is 1.25 bits per heavy atom. The van der Waals surface area contributed by atoms with Gasteiger partial charge in [0.2, 0.25) is 5.91 Å². The number of methoxy groups -OCH3 is 1. The lowest BCUT2D eigenvalue weighted by atomic mass is 10.1. The predicted molar refractivity (Wildman–Crippen MR) is 84.2 cm³/mol. The molecule has 3 nitrogen and oxygen atoms in total. The van der Waals surface area contributed by atoms with Gasteiger partial charge in [0.1, 0.15) is 5.75 Å². The Labute approximate surface area is 127 Å². The van der Waals surface area contributed by atoms with Gasteiger partial charge in [-0.3, -0.25) is 4.79 Å². The van der Waals surface area contributed by atoms with Gasteiger partial charge in [-0.15, -0.1) is 0 Å². The van der Waals surface area contributed by atoms with Crippen molar-refractivity contribution >= 4 is 27.5 Å². The zero-order valence-electron chi connectivity index (χ0n) is 11.4. The highest BCUT2D eigenvalue weighted by Gasteiger charge is 2.10. The number of aryl methyl sites for hydroxylation is 1. The highest BCUT2D eigenvalue weighted by molar-refractivity contribution is 9.10. The molecule has 0 unspecified atom stereocenters. The van der Waals surface area contributed by atoms with Crippen LogP contribution in [0.3, 0.4) is 0 Å². The van der Waals surface area contributed by atoms with Crippen molar-refractivity contribution in [1.82, 2.24) is 0 Å². The second-order valence-corrected chi connectivity index (χ2v) is 5.37. The predicted octanol–water partition coefficient (Wildman–Crippen LogP) is 3.95. The quantitative estimate of drug-likeness (QED) is 0.919. The van der Waals surface area contributed by atoms with Gasteiger partial charge in [0.25, 0.3) is 0 Å². The third-order valence-corrected chi connectivity index (χ3v) is 3.63. The molecule has 0 aliphatic rings. The van der Waals surface area contributed by atoms with E-state index < -0.39 is 0 Å². The number of anilines is 1. The van der Waals surface area contributed by atoms with Crippen molar-refractivity contribution in [1.29, 1.82) is 0 Å². The Morgan fingerprint density at radius 3 is 2.70 bits per heavy atom. The lowest BCUT2D eigenvalue weighted by Crippen LogP contribution is -2.15. The van der Waals surface area contributed by atoms with E-state index in [-0.39, 0.29) is 12.3 Å². The second-order valence-electron chi connectivity index (χ2n) is 4.52. The molecule has 2 aromatic carbocycles. The van der Waals surface area contributed by atoms with Crippen LogP contribution in [-0.4, -0.2) is 13.0 Å². The largest absolute Gasteiger partial charge is 0.496 e. The van der Waals surface area contributed by atoms with Gasteiger partial charge in [0.05, 0.1) is 19.2 Å². The summed E-state index contributed by atoms with van der Waals surface area (Å²) in [4.78, 5) is 12.1. The number of ether oxygens (including phenoxy) is 1. The average molecular weight is 334 g/mol. The first kappa shape index (κ1) is 14.6. The first-order chi connectivity index (χ1) is 9.60. The molecule has 0 aliphatic carbocycles. The minimum atomic E-state index is -0.0687. The zero-order valence-corrected chi connectivity index (χ0v) is 13.0. The molecule has 2 rings (SSSR count). The fraction of sp³-hybridized carbons (Fsp3) is 0.188. The van der Waals surface area contributed by atoms with Crippen LogP contribution in [0.1, 0.15) is 11.1 Å². The molecule has 0 heterocycles. The summed E-state index contributed by atoms with van der Waals surface area (Å²) in [5, 5.41) is 2.89. The van der Waals surface area contributed by atoms with Crippen molar-refractivity contribution in [3.05, 3.63) is 58.1 Å². The van der Waals surface area contributed by atoms with E-state index in [1.807, 2.05) is 49.4 Å². The highest BCUT2D eigenvalue weighted by Crippen LogP contribution is 2.23. The highest BCUT2D eigenvalue weighted by atomic mass is 79.9. The molecule has 0 bridgehead atoms. The number of rotatable bonds is 4. The summed E-state index contributed by atoms with van der Waals surface area (Å²) in [7, 11) is 1.61. The summed E-state index contributed by atoms with van der Waals surface area (Å²) >= 11 is 3.41.